The van der Waals surface area contributed by atoms with Crippen LogP contribution in [-0.2, 0) is 16.2 Å². The fourth-order valence-corrected chi connectivity index (χ4v) is 4.88. The van der Waals surface area contributed by atoms with E-state index in [2.05, 4.69) is 4.72 Å². The van der Waals surface area contributed by atoms with Gasteiger partial charge in [0.25, 0.3) is 5.69 Å². The number of nitro groups is 1. The van der Waals surface area contributed by atoms with Crippen molar-refractivity contribution in [3.63, 3.8) is 0 Å². The molecular formula is C18H17ClF3N3O4S. The van der Waals surface area contributed by atoms with Crippen LogP contribution >= 0.6 is 11.6 Å². The Morgan fingerprint density at radius 2 is 1.73 bits per heavy atom. The van der Waals surface area contributed by atoms with Gasteiger partial charge in [-0.2, -0.15) is 13.2 Å². The van der Waals surface area contributed by atoms with Crippen LogP contribution in [0.15, 0.2) is 47.4 Å². The molecule has 2 aromatic carbocycles. The van der Waals surface area contributed by atoms with Crippen molar-refractivity contribution >= 4 is 33.0 Å². The van der Waals surface area contributed by atoms with Crippen LogP contribution in [0.3, 0.4) is 0 Å². The van der Waals surface area contributed by atoms with Gasteiger partial charge >= 0.3 is 6.18 Å². The van der Waals surface area contributed by atoms with Crippen molar-refractivity contribution in [1.29, 1.82) is 0 Å². The summed E-state index contributed by atoms with van der Waals surface area (Å²) in [6.45, 7) is 0.426. The average molecular weight is 464 g/mol. The Balaban J connectivity index is 1.76. The molecule has 1 fully saturated rings. The molecule has 3 rings (SSSR count). The largest absolute Gasteiger partial charge is 0.418 e. The van der Waals surface area contributed by atoms with Gasteiger partial charge in [-0.15, -0.1) is 0 Å². The number of hydrogen-bond acceptors (Lipinski definition) is 5. The first kappa shape index (κ1) is 22.3. The molecule has 1 aliphatic heterocycles. The van der Waals surface area contributed by atoms with Gasteiger partial charge in [0.2, 0.25) is 10.0 Å². The molecule has 0 aliphatic carbocycles. The Bertz CT molecular complexity index is 1040. The number of nitrogens with zero attached hydrogens (tertiary/aromatic N) is 2. The van der Waals surface area contributed by atoms with Crippen molar-refractivity contribution in [2.75, 3.05) is 18.0 Å². The highest BCUT2D eigenvalue weighted by molar-refractivity contribution is 7.89. The Hall–Kier alpha value is -2.37. The van der Waals surface area contributed by atoms with Gasteiger partial charge in [0, 0.05) is 25.2 Å². The van der Waals surface area contributed by atoms with Crippen molar-refractivity contribution < 1.29 is 26.5 Å². The Morgan fingerprint density at radius 1 is 1.13 bits per heavy atom. The summed E-state index contributed by atoms with van der Waals surface area (Å²) >= 11 is 5.73. The summed E-state index contributed by atoms with van der Waals surface area (Å²) in [6, 6.07) is 8.79. The molecule has 1 heterocycles. The highest BCUT2D eigenvalue weighted by Crippen LogP contribution is 2.42. The minimum atomic E-state index is -4.82. The summed E-state index contributed by atoms with van der Waals surface area (Å²) in [5, 5.41) is 10.7. The first-order valence-corrected chi connectivity index (χ1v) is 10.7. The van der Waals surface area contributed by atoms with E-state index in [1.807, 2.05) is 0 Å². The van der Waals surface area contributed by atoms with Crippen molar-refractivity contribution in [1.82, 2.24) is 4.72 Å². The zero-order valence-corrected chi connectivity index (χ0v) is 17.0. The molecule has 0 bridgehead atoms. The lowest BCUT2D eigenvalue weighted by atomic mass is 10.0. The second-order valence-corrected chi connectivity index (χ2v) is 8.89. The second-order valence-electron chi connectivity index (χ2n) is 6.77. The van der Waals surface area contributed by atoms with Crippen LogP contribution in [0.5, 0.6) is 0 Å². The maximum atomic E-state index is 13.0. The molecule has 0 spiro atoms. The Kier molecular flexibility index (Phi) is 6.25. The maximum Gasteiger partial charge on any atom is 0.418 e. The number of nitrogens with one attached hydrogen (secondary N) is 1. The third kappa shape index (κ3) is 4.85. The Labute approximate surface area is 175 Å². The van der Waals surface area contributed by atoms with Gasteiger partial charge in [-0.3, -0.25) is 10.1 Å². The van der Waals surface area contributed by atoms with Gasteiger partial charge < -0.3 is 4.90 Å². The molecule has 12 heteroatoms. The molecule has 1 aliphatic rings. The number of benzene rings is 2. The van der Waals surface area contributed by atoms with Crippen LogP contribution in [0.25, 0.3) is 0 Å². The zero-order valence-electron chi connectivity index (χ0n) is 15.4. The van der Waals surface area contributed by atoms with Gasteiger partial charge in [-0.05, 0) is 31.0 Å². The number of piperidine rings is 1. The fourth-order valence-electron chi connectivity index (χ4n) is 3.29. The third-order valence-electron chi connectivity index (χ3n) is 4.78. The van der Waals surface area contributed by atoms with Crippen molar-refractivity contribution in [3.05, 3.63) is 63.2 Å². The summed E-state index contributed by atoms with van der Waals surface area (Å²) in [7, 11) is -3.72. The SMILES string of the molecule is O=[N+]([O-])c1cc(C(F)(F)F)c(Cl)cc1N1CCC(NS(=O)(=O)c2ccccc2)CC1. The monoisotopic (exact) mass is 463 g/mol. The molecule has 0 unspecified atom stereocenters. The topological polar surface area (TPSA) is 92.6 Å². The lowest BCUT2D eigenvalue weighted by Crippen LogP contribution is -2.44. The van der Waals surface area contributed by atoms with Gasteiger partial charge in [-0.1, -0.05) is 29.8 Å². The van der Waals surface area contributed by atoms with E-state index >= 15 is 0 Å². The van der Waals surface area contributed by atoms with E-state index in [4.69, 9.17) is 11.6 Å². The smallest absolute Gasteiger partial charge is 0.366 e. The molecule has 30 heavy (non-hydrogen) atoms. The molecule has 162 valence electrons. The maximum absolute atomic E-state index is 13.0. The van der Waals surface area contributed by atoms with Gasteiger partial charge in [0.15, 0.2) is 0 Å². The molecule has 0 aromatic heterocycles. The number of rotatable bonds is 5. The molecule has 7 nitrogen and oxygen atoms in total. The molecular weight excluding hydrogens is 447 g/mol. The lowest BCUT2D eigenvalue weighted by molar-refractivity contribution is -0.384. The second kappa shape index (κ2) is 8.40. The van der Waals surface area contributed by atoms with Crippen LogP contribution < -0.4 is 9.62 Å². The summed E-state index contributed by atoms with van der Waals surface area (Å²) < 4.78 is 66.6. The van der Waals surface area contributed by atoms with Crippen LogP contribution in [-0.4, -0.2) is 32.5 Å². The summed E-state index contributed by atoms with van der Waals surface area (Å²) in [5.74, 6) is 0. The molecule has 1 saturated heterocycles. The van der Waals surface area contributed by atoms with E-state index in [9.17, 15) is 31.7 Å². The minimum Gasteiger partial charge on any atom is -0.366 e. The normalized spacial score (nSPS) is 15.9. The van der Waals surface area contributed by atoms with E-state index < -0.39 is 43.4 Å². The molecule has 1 N–H and O–H groups in total. The first-order valence-electron chi connectivity index (χ1n) is 8.86. The van der Waals surface area contributed by atoms with Crippen LogP contribution in [0.2, 0.25) is 5.02 Å². The number of halogens is 4. The Morgan fingerprint density at radius 3 is 2.27 bits per heavy atom. The number of nitro benzene ring substituents is 1. The standard InChI is InChI=1S/C18H17ClF3N3O4S/c19-15-11-16(17(25(26)27)10-14(15)18(20,21)22)24-8-6-12(7-9-24)23-30(28,29)13-4-2-1-3-5-13/h1-5,10-12,23H,6-9H2. The molecule has 0 amide bonds. The average Bonchev–Trinajstić information content (AvgIpc) is 2.67. The number of anilines is 1. The lowest BCUT2D eigenvalue weighted by Gasteiger charge is -2.33. The molecule has 2 aromatic rings. The summed E-state index contributed by atoms with van der Waals surface area (Å²) in [5.41, 5.74) is -2.00. The van der Waals surface area contributed by atoms with Crippen molar-refractivity contribution in [2.45, 2.75) is 30.0 Å². The van der Waals surface area contributed by atoms with Crippen LogP contribution in [0.1, 0.15) is 18.4 Å². The highest BCUT2D eigenvalue weighted by atomic mass is 35.5. The minimum absolute atomic E-state index is 0.0256. The van der Waals surface area contributed by atoms with Gasteiger partial charge in [0.1, 0.15) is 5.69 Å². The number of alkyl halides is 3. The third-order valence-corrected chi connectivity index (χ3v) is 6.63. The predicted octanol–water partition coefficient (Wildman–Crippen LogP) is 4.21. The van der Waals surface area contributed by atoms with E-state index in [1.165, 1.54) is 17.0 Å². The quantitative estimate of drug-likeness (QED) is 0.529. The zero-order chi connectivity index (χ0) is 22.1. The van der Waals surface area contributed by atoms with Gasteiger partial charge in [-0.25, -0.2) is 13.1 Å². The van der Waals surface area contributed by atoms with Crippen molar-refractivity contribution in [2.24, 2.45) is 0 Å². The molecule has 0 radical (unpaired) electrons. The van der Waals surface area contributed by atoms with Crippen LogP contribution in [0.4, 0.5) is 24.5 Å². The fraction of sp³-hybridized carbons (Fsp3) is 0.333. The summed E-state index contributed by atoms with van der Waals surface area (Å²) in [4.78, 5) is 12.1. The first-order chi connectivity index (χ1) is 14.0. The molecule has 0 saturated carbocycles. The van der Waals surface area contributed by atoms with E-state index in [-0.39, 0.29) is 23.7 Å². The van der Waals surface area contributed by atoms with Gasteiger partial charge in [0.05, 0.1) is 20.4 Å². The van der Waals surface area contributed by atoms with E-state index in [0.29, 0.717) is 18.9 Å². The van der Waals surface area contributed by atoms with Crippen molar-refractivity contribution in [3.8, 4) is 0 Å². The number of sulfonamides is 1. The number of hydrogen-bond donors (Lipinski definition) is 1. The highest BCUT2D eigenvalue weighted by Gasteiger charge is 2.37. The van der Waals surface area contributed by atoms with E-state index in [1.54, 1.807) is 18.2 Å². The summed E-state index contributed by atoms with van der Waals surface area (Å²) in [6.07, 6.45) is -4.17. The predicted molar refractivity (Wildman–Crippen MR) is 105 cm³/mol. The van der Waals surface area contributed by atoms with E-state index in [0.717, 1.165) is 6.07 Å². The van der Waals surface area contributed by atoms with Crippen LogP contribution in [0, 0.1) is 10.1 Å². The molecule has 0 atom stereocenters.